The zero-order valence-corrected chi connectivity index (χ0v) is 13.9. The van der Waals surface area contributed by atoms with Crippen LogP contribution in [0.3, 0.4) is 0 Å². The van der Waals surface area contributed by atoms with Crippen LogP contribution in [0, 0.1) is 12.8 Å². The summed E-state index contributed by atoms with van der Waals surface area (Å²) >= 11 is 6.03. The number of carbonyl (C=O) groups is 1. The maximum Gasteiger partial charge on any atom is 0.254 e. The van der Waals surface area contributed by atoms with E-state index in [1.54, 1.807) is 10.9 Å². The van der Waals surface area contributed by atoms with Gasteiger partial charge in [-0.2, -0.15) is 5.10 Å². The van der Waals surface area contributed by atoms with Crippen molar-refractivity contribution in [1.29, 1.82) is 0 Å². The zero-order valence-electron chi connectivity index (χ0n) is 13.2. The van der Waals surface area contributed by atoms with Gasteiger partial charge in [0.05, 0.1) is 23.1 Å². The standard InChI is InChI=1S/C17H21ClN4O/c1-12-16(17(23)20-10-13-4-3-7-19-9-13)11-21-22(12)15-6-2-5-14(18)8-15/h2,5-6,8,11,13,19H,3-4,7,9-10H2,1H3,(H,20,23). The number of halogens is 1. The normalized spacial score (nSPS) is 17.9. The lowest BCUT2D eigenvalue weighted by atomic mass is 10.00. The van der Waals surface area contributed by atoms with Gasteiger partial charge in [0.2, 0.25) is 0 Å². The molecule has 1 atom stereocenters. The first-order chi connectivity index (χ1) is 11.1. The summed E-state index contributed by atoms with van der Waals surface area (Å²) in [5, 5.41) is 11.4. The Hall–Kier alpha value is -1.85. The number of rotatable bonds is 4. The van der Waals surface area contributed by atoms with Crippen LogP contribution in [0.5, 0.6) is 0 Å². The molecule has 3 rings (SSSR count). The highest BCUT2D eigenvalue weighted by Crippen LogP contribution is 2.18. The van der Waals surface area contributed by atoms with Gasteiger partial charge in [0.25, 0.3) is 5.91 Å². The van der Waals surface area contributed by atoms with Crippen molar-refractivity contribution in [2.45, 2.75) is 19.8 Å². The molecule has 1 amide bonds. The molecule has 1 aliphatic rings. The van der Waals surface area contributed by atoms with Crippen LogP contribution in [0.2, 0.25) is 5.02 Å². The van der Waals surface area contributed by atoms with Crippen LogP contribution in [0.4, 0.5) is 0 Å². The van der Waals surface area contributed by atoms with E-state index in [0.29, 0.717) is 23.0 Å². The smallest absolute Gasteiger partial charge is 0.254 e. The van der Waals surface area contributed by atoms with Crippen molar-refractivity contribution in [3.05, 3.63) is 46.7 Å². The average Bonchev–Trinajstić information content (AvgIpc) is 2.95. The lowest BCUT2D eigenvalue weighted by Crippen LogP contribution is -2.38. The van der Waals surface area contributed by atoms with Gasteiger partial charge in [0.1, 0.15) is 0 Å². The number of hydrogen-bond acceptors (Lipinski definition) is 3. The molecule has 2 heterocycles. The predicted molar refractivity (Wildman–Crippen MR) is 91.2 cm³/mol. The van der Waals surface area contributed by atoms with Crippen molar-refractivity contribution in [2.24, 2.45) is 5.92 Å². The first kappa shape index (κ1) is 16.0. The lowest BCUT2D eigenvalue weighted by Gasteiger charge is -2.22. The number of benzene rings is 1. The second-order valence-electron chi connectivity index (χ2n) is 5.96. The molecule has 0 bridgehead atoms. The van der Waals surface area contributed by atoms with Crippen LogP contribution in [-0.2, 0) is 0 Å². The molecule has 0 saturated carbocycles. The van der Waals surface area contributed by atoms with E-state index < -0.39 is 0 Å². The quantitative estimate of drug-likeness (QED) is 0.904. The molecule has 1 unspecified atom stereocenters. The number of hydrogen-bond donors (Lipinski definition) is 2. The summed E-state index contributed by atoms with van der Waals surface area (Å²) in [5.74, 6) is 0.442. The van der Waals surface area contributed by atoms with E-state index in [9.17, 15) is 4.79 Å². The Bertz CT molecular complexity index is 692. The van der Waals surface area contributed by atoms with Crippen molar-refractivity contribution in [3.8, 4) is 5.69 Å². The molecule has 2 aromatic rings. The summed E-state index contributed by atoms with van der Waals surface area (Å²) in [7, 11) is 0. The zero-order chi connectivity index (χ0) is 16.2. The monoisotopic (exact) mass is 332 g/mol. The van der Waals surface area contributed by atoms with E-state index in [1.807, 2.05) is 31.2 Å². The third-order valence-electron chi connectivity index (χ3n) is 4.26. The Balaban J connectivity index is 1.69. The number of piperidine rings is 1. The molecule has 1 fully saturated rings. The maximum atomic E-state index is 12.4. The summed E-state index contributed by atoms with van der Waals surface area (Å²) in [6.45, 7) is 4.65. The van der Waals surface area contributed by atoms with Crippen LogP contribution < -0.4 is 10.6 Å². The Morgan fingerprint density at radius 2 is 2.39 bits per heavy atom. The topological polar surface area (TPSA) is 59.0 Å². The van der Waals surface area contributed by atoms with Crippen LogP contribution in [-0.4, -0.2) is 35.3 Å². The summed E-state index contributed by atoms with van der Waals surface area (Å²) in [6.07, 6.45) is 3.95. The van der Waals surface area contributed by atoms with Crippen molar-refractivity contribution < 1.29 is 4.79 Å². The molecular weight excluding hydrogens is 312 g/mol. The fraction of sp³-hybridized carbons (Fsp3) is 0.412. The summed E-state index contributed by atoms with van der Waals surface area (Å²) < 4.78 is 1.74. The van der Waals surface area contributed by atoms with Crippen molar-refractivity contribution in [3.63, 3.8) is 0 Å². The Morgan fingerprint density at radius 1 is 1.52 bits per heavy atom. The van der Waals surface area contributed by atoms with E-state index in [4.69, 9.17) is 11.6 Å². The summed E-state index contributed by atoms with van der Waals surface area (Å²) in [6, 6.07) is 7.43. The van der Waals surface area contributed by atoms with Gasteiger partial charge in [-0.1, -0.05) is 17.7 Å². The molecular formula is C17H21ClN4O. The number of amides is 1. The molecule has 23 heavy (non-hydrogen) atoms. The van der Waals surface area contributed by atoms with Crippen molar-refractivity contribution >= 4 is 17.5 Å². The van der Waals surface area contributed by atoms with Crippen molar-refractivity contribution in [2.75, 3.05) is 19.6 Å². The van der Waals surface area contributed by atoms with E-state index in [1.165, 1.54) is 6.42 Å². The molecule has 5 nitrogen and oxygen atoms in total. The van der Waals surface area contributed by atoms with E-state index in [-0.39, 0.29) is 5.91 Å². The second kappa shape index (κ2) is 7.15. The summed E-state index contributed by atoms with van der Waals surface area (Å²) in [4.78, 5) is 12.4. The minimum absolute atomic E-state index is 0.0682. The third-order valence-corrected chi connectivity index (χ3v) is 4.49. The van der Waals surface area contributed by atoms with E-state index in [2.05, 4.69) is 15.7 Å². The highest BCUT2D eigenvalue weighted by molar-refractivity contribution is 6.30. The van der Waals surface area contributed by atoms with Crippen LogP contribution in [0.15, 0.2) is 30.5 Å². The van der Waals surface area contributed by atoms with Gasteiger partial charge in [-0.3, -0.25) is 4.79 Å². The number of nitrogens with one attached hydrogen (secondary N) is 2. The van der Waals surface area contributed by atoms with E-state index in [0.717, 1.165) is 30.9 Å². The van der Waals surface area contributed by atoms with Gasteiger partial charge >= 0.3 is 0 Å². The van der Waals surface area contributed by atoms with E-state index >= 15 is 0 Å². The Labute approximate surface area is 141 Å². The fourth-order valence-corrected chi connectivity index (χ4v) is 3.12. The fourth-order valence-electron chi connectivity index (χ4n) is 2.93. The molecule has 0 spiro atoms. The van der Waals surface area contributed by atoms with Crippen LogP contribution in [0.1, 0.15) is 28.9 Å². The minimum atomic E-state index is -0.0682. The molecule has 1 aromatic carbocycles. The summed E-state index contributed by atoms with van der Waals surface area (Å²) in [5.41, 5.74) is 2.27. The van der Waals surface area contributed by atoms with Gasteiger partial charge in [0, 0.05) is 11.6 Å². The maximum absolute atomic E-state index is 12.4. The number of nitrogens with zero attached hydrogens (tertiary/aromatic N) is 2. The van der Waals surface area contributed by atoms with Gasteiger partial charge < -0.3 is 10.6 Å². The average molecular weight is 333 g/mol. The van der Waals surface area contributed by atoms with Gasteiger partial charge in [-0.25, -0.2) is 4.68 Å². The molecule has 2 N–H and O–H groups in total. The third kappa shape index (κ3) is 3.74. The molecule has 0 radical (unpaired) electrons. The molecule has 0 aliphatic carbocycles. The highest BCUT2D eigenvalue weighted by atomic mass is 35.5. The first-order valence-corrected chi connectivity index (χ1v) is 8.32. The molecule has 1 aromatic heterocycles. The number of aromatic nitrogens is 2. The minimum Gasteiger partial charge on any atom is -0.352 e. The van der Waals surface area contributed by atoms with Crippen LogP contribution >= 0.6 is 11.6 Å². The Morgan fingerprint density at radius 3 is 3.13 bits per heavy atom. The molecule has 1 saturated heterocycles. The van der Waals surface area contributed by atoms with Crippen LogP contribution in [0.25, 0.3) is 5.69 Å². The second-order valence-corrected chi connectivity index (χ2v) is 6.39. The van der Waals surface area contributed by atoms with Gasteiger partial charge in [-0.15, -0.1) is 0 Å². The van der Waals surface area contributed by atoms with Gasteiger partial charge in [-0.05, 0) is 57.0 Å². The van der Waals surface area contributed by atoms with Gasteiger partial charge in [0.15, 0.2) is 0 Å². The Kier molecular flexibility index (Phi) is 4.98. The SMILES string of the molecule is Cc1c(C(=O)NCC2CCCNC2)cnn1-c1cccc(Cl)c1. The highest BCUT2D eigenvalue weighted by Gasteiger charge is 2.18. The van der Waals surface area contributed by atoms with Crippen molar-refractivity contribution in [1.82, 2.24) is 20.4 Å². The number of carbonyl (C=O) groups excluding carboxylic acids is 1. The lowest BCUT2D eigenvalue weighted by molar-refractivity contribution is 0.0944. The molecule has 122 valence electrons. The predicted octanol–water partition coefficient (Wildman–Crippen LogP) is 2.56. The first-order valence-electron chi connectivity index (χ1n) is 7.94. The largest absolute Gasteiger partial charge is 0.352 e. The molecule has 6 heteroatoms. The molecule has 1 aliphatic heterocycles.